The van der Waals surface area contributed by atoms with Gasteiger partial charge in [-0.3, -0.25) is 9.59 Å². The molecule has 1 atom stereocenters. The van der Waals surface area contributed by atoms with E-state index >= 15 is 0 Å². The second kappa shape index (κ2) is 11.8. The third-order valence-electron chi connectivity index (χ3n) is 5.25. The van der Waals surface area contributed by atoms with E-state index in [1.54, 1.807) is 0 Å². The zero-order chi connectivity index (χ0) is 22.9. The van der Waals surface area contributed by atoms with Crippen LogP contribution in [0.5, 0.6) is 0 Å². The van der Waals surface area contributed by atoms with Crippen LogP contribution in [0.1, 0.15) is 54.4 Å². The second-order valence-electron chi connectivity index (χ2n) is 8.89. The molecule has 0 aliphatic rings. The summed E-state index contributed by atoms with van der Waals surface area (Å²) < 4.78 is 18.3. The van der Waals surface area contributed by atoms with Crippen LogP contribution < -0.4 is 5.48 Å². The lowest BCUT2D eigenvalue weighted by Gasteiger charge is -2.47. The van der Waals surface area contributed by atoms with E-state index in [0.717, 1.165) is 37.0 Å². The van der Waals surface area contributed by atoms with Gasteiger partial charge in [-0.2, -0.15) is 0 Å². The van der Waals surface area contributed by atoms with Crippen LogP contribution in [-0.4, -0.2) is 49.2 Å². The summed E-state index contributed by atoms with van der Waals surface area (Å²) in [5.74, 6) is -3.76. The van der Waals surface area contributed by atoms with E-state index in [0.29, 0.717) is 0 Å². The van der Waals surface area contributed by atoms with Crippen molar-refractivity contribution in [1.82, 2.24) is 5.48 Å². The van der Waals surface area contributed by atoms with Crippen molar-refractivity contribution in [2.24, 2.45) is 5.41 Å². The van der Waals surface area contributed by atoms with Gasteiger partial charge in [-0.05, 0) is 57.7 Å². The van der Waals surface area contributed by atoms with Crippen LogP contribution in [0.15, 0.2) is 0 Å². The number of hydroxylamine groups is 1. The normalized spacial score (nSPS) is 15.1. The van der Waals surface area contributed by atoms with E-state index in [2.05, 4.69) is 12.4 Å². The lowest BCUT2D eigenvalue weighted by molar-refractivity contribution is -0.218. The topological polar surface area (TPSA) is 94.1 Å². The molecule has 0 heterocycles. The molecule has 0 aromatic rings. The van der Waals surface area contributed by atoms with Crippen molar-refractivity contribution in [3.63, 3.8) is 0 Å². The quantitative estimate of drug-likeness (QED) is 0.160. The van der Waals surface area contributed by atoms with Gasteiger partial charge in [0.2, 0.25) is 23.9 Å². The first kappa shape index (κ1) is 28.5. The van der Waals surface area contributed by atoms with Crippen molar-refractivity contribution in [3.8, 4) is 0 Å². The summed E-state index contributed by atoms with van der Waals surface area (Å²) in [4.78, 5) is 25.7. The second-order valence-corrected chi connectivity index (χ2v) is 19.0. The number of amides is 1. The van der Waals surface area contributed by atoms with Gasteiger partial charge in [-0.1, -0.05) is 40.5 Å². The molecule has 0 fully saturated rings. The minimum absolute atomic E-state index is 0.0404. The van der Waals surface area contributed by atoms with Crippen LogP contribution in [0.25, 0.3) is 0 Å². The molecule has 0 spiro atoms. The van der Waals surface area contributed by atoms with Gasteiger partial charge in [-0.15, -0.1) is 0 Å². The highest BCUT2D eigenvalue weighted by Gasteiger charge is 2.61. The van der Waals surface area contributed by atoms with Gasteiger partial charge in [0.15, 0.2) is 8.32 Å². The van der Waals surface area contributed by atoms with Gasteiger partial charge >= 0.3 is 11.9 Å². The number of unbranched alkanes of at least 4 members (excludes halogenated alkanes) is 1. The maximum Gasteiger partial charge on any atom is 0.315 e. The number of carboxylic acids is 1. The number of carbonyl (C=O) groups is 2. The molecule has 0 bridgehead atoms. The fourth-order valence-electron chi connectivity index (χ4n) is 2.73. The standard InChI is InChI=1S/C19H41NO6Si3/c1-10-14-15-27-24-19(18(5,6)17(22)23,16(21)20-26-28(7,8)9)25-29(11-2,12-3)13-4/h10-15H2,1-9H3,(H,20,21)(H,22,23). The van der Waals surface area contributed by atoms with Gasteiger partial charge in [0.05, 0.1) is 0 Å². The van der Waals surface area contributed by atoms with Crippen LogP contribution in [0.4, 0.5) is 0 Å². The molecule has 10 heteroatoms. The highest BCUT2D eigenvalue weighted by atomic mass is 28.4. The van der Waals surface area contributed by atoms with Crippen LogP contribution >= 0.6 is 0 Å². The van der Waals surface area contributed by atoms with Gasteiger partial charge in [-0.25, -0.2) is 5.48 Å². The van der Waals surface area contributed by atoms with E-state index in [1.807, 2.05) is 40.4 Å². The van der Waals surface area contributed by atoms with Crippen LogP contribution in [0, 0.1) is 5.41 Å². The Bertz CT molecular complexity index is 526. The monoisotopic (exact) mass is 463 g/mol. The Kier molecular flexibility index (Phi) is 11.5. The lowest BCUT2D eigenvalue weighted by atomic mass is 9.83. The maximum absolute atomic E-state index is 13.5. The van der Waals surface area contributed by atoms with Gasteiger partial charge < -0.3 is 18.5 Å². The molecule has 0 rings (SSSR count). The van der Waals surface area contributed by atoms with E-state index in [9.17, 15) is 14.7 Å². The molecule has 1 amide bonds. The molecular weight excluding hydrogens is 422 g/mol. The van der Waals surface area contributed by atoms with Crippen molar-refractivity contribution >= 4 is 38.3 Å². The summed E-state index contributed by atoms with van der Waals surface area (Å²) in [7, 11) is -4.53. The highest BCUT2D eigenvalue weighted by Crippen LogP contribution is 2.41. The molecular formula is C19H41NO6Si3. The zero-order valence-electron chi connectivity index (χ0n) is 19.7. The minimum atomic E-state index is -2.40. The lowest BCUT2D eigenvalue weighted by Crippen LogP contribution is -2.67. The molecule has 0 saturated heterocycles. The van der Waals surface area contributed by atoms with Crippen LogP contribution in [-0.2, 0) is 23.0 Å². The SMILES string of the molecule is CCCC[Si]OC(O[Si](CC)(CC)CC)(C(=O)NO[Si](C)(C)C)C(C)(C)C(=O)O. The Hall–Kier alpha value is -0.529. The number of rotatable bonds is 15. The Balaban J connectivity index is 6.31. The smallest absolute Gasteiger partial charge is 0.315 e. The van der Waals surface area contributed by atoms with Crippen molar-refractivity contribution in [2.45, 2.75) is 104 Å². The fraction of sp³-hybridized carbons (Fsp3) is 0.895. The summed E-state index contributed by atoms with van der Waals surface area (Å²) in [5, 5.41) is 10.0. The third-order valence-corrected chi connectivity index (χ3v) is 11.5. The van der Waals surface area contributed by atoms with Crippen LogP contribution in [0.2, 0.25) is 43.8 Å². The molecule has 0 aromatic carbocycles. The highest BCUT2D eigenvalue weighted by molar-refractivity contribution is 6.73. The first-order valence-corrected chi connectivity index (χ1v) is 17.7. The summed E-state index contributed by atoms with van der Waals surface area (Å²) in [5.41, 5.74) is 0.896. The maximum atomic E-state index is 13.5. The summed E-state index contributed by atoms with van der Waals surface area (Å²) in [6.45, 7) is 17.0. The van der Waals surface area contributed by atoms with E-state index in [4.69, 9.17) is 13.4 Å². The average molecular weight is 464 g/mol. The number of hydrogen-bond donors (Lipinski definition) is 2. The largest absolute Gasteiger partial charge is 0.481 e. The Morgan fingerprint density at radius 1 is 1.03 bits per heavy atom. The van der Waals surface area contributed by atoms with Gasteiger partial charge in [0, 0.05) is 0 Å². The minimum Gasteiger partial charge on any atom is -0.481 e. The molecule has 0 aliphatic heterocycles. The molecule has 0 aromatic heterocycles. The molecule has 0 saturated carbocycles. The van der Waals surface area contributed by atoms with E-state index < -0.39 is 39.7 Å². The first-order chi connectivity index (χ1) is 13.3. The number of carboxylic acid groups (broad SMARTS) is 1. The van der Waals surface area contributed by atoms with Crippen molar-refractivity contribution in [1.29, 1.82) is 0 Å². The molecule has 29 heavy (non-hydrogen) atoms. The zero-order valence-corrected chi connectivity index (χ0v) is 22.7. The molecule has 0 aliphatic carbocycles. The Morgan fingerprint density at radius 2 is 1.55 bits per heavy atom. The van der Waals surface area contributed by atoms with Gasteiger partial charge in [0.1, 0.15) is 5.41 Å². The van der Waals surface area contributed by atoms with Gasteiger partial charge in [0.25, 0.3) is 0 Å². The summed E-state index contributed by atoms with van der Waals surface area (Å²) in [6, 6.07) is 3.04. The number of nitrogens with one attached hydrogen (secondary N) is 1. The Labute approximate surface area is 181 Å². The summed E-state index contributed by atoms with van der Waals surface area (Å²) in [6.07, 6.45) is 1.93. The number of hydrogen-bond acceptors (Lipinski definition) is 5. The first-order valence-electron chi connectivity index (χ1n) is 10.6. The molecule has 7 nitrogen and oxygen atoms in total. The number of carbonyl (C=O) groups excluding carboxylic acids is 1. The van der Waals surface area contributed by atoms with Crippen molar-refractivity contribution in [2.75, 3.05) is 0 Å². The van der Waals surface area contributed by atoms with Crippen molar-refractivity contribution < 1.29 is 28.1 Å². The Morgan fingerprint density at radius 3 is 1.93 bits per heavy atom. The molecule has 1 unspecified atom stereocenters. The van der Waals surface area contributed by atoms with E-state index in [-0.39, 0.29) is 9.76 Å². The van der Waals surface area contributed by atoms with Crippen LogP contribution in [0.3, 0.4) is 0 Å². The third kappa shape index (κ3) is 7.59. The molecule has 2 N–H and O–H groups in total. The molecule has 170 valence electrons. The predicted molar refractivity (Wildman–Crippen MR) is 122 cm³/mol. The average Bonchev–Trinajstić information content (AvgIpc) is 2.65. The van der Waals surface area contributed by atoms with Crippen molar-refractivity contribution in [3.05, 3.63) is 0 Å². The summed E-state index contributed by atoms with van der Waals surface area (Å²) >= 11 is 0. The fourth-order valence-corrected chi connectivity index (χ4v) is 7.34. The molecule has 2 radical (unpaired) electrons. The van der Waals surface area contributed by atoms with E-state index in [1.165, 1.54) is 13.8 Å². The number of aliphatic carboxylic acids is 1. The predicted octanol–water partition coefficient (Wildman–Crippen LogP) is 4.55.